The summed E-state index contributed by atoms with van der Waals surface area (Å²) in [6.45, 7) is 0. The fourth-order valence-corrected chi connectivity index (χ4v) is 2.76. The fraction of sp³-hybridized carbons (Fsp3) is 0. The molecule has 9 heteroatoms. The van der Waals surface area contributed by atoms with Crippen LogP contribution in [0.2, 0.25) is 0 Å². The van der Waals surface area contributed by atoms with Crippen LogP contribution in [0.25, 0.3) is 0 Å². The number of phenols is 1. The topological polar surface area (TPSA) is 66.4 Å². The maximum atomic E-state index is 13.5. The lowest BCUT2D eigenvalue weighted by molar-refractivity contribution is 0.475. The van der Waals surface area contributed by atoms with E-state index >= 15 is 0 Å². The maximum Gasteiger partial charge on any atom is 0.267 e. The number of halogens is 4. The highest BCUT2D eigenvalue weighted by molar-refractivity contribution is 7.92. The van der Waals surface area contributed by atoms with Crippen LogP contribution in [0.4, 0.5) is 23.2 Å². The van der Waals surface area contributed by atoms with Crippen molar-refractivity contribution in [3.8, 4) is 5.75 Å². The van der Waals surface area contributed by atoms with Crippen molar-refractivity contribution in [2.75, 3.05) is 4.72 Å². The normalized spacial score (nSPS) is 11.4. The number of phenolic OH excluding ortho intramolecular Hbond substituents is 1. The number of nitrogens with one attached hydrogen (secondary N) is 1. The minimum atomic E-state index is -4.82. The monoisotopic (exact) mass is 321 g/mol. The Morgan fingerprint density at radius 1 is 0.905 bits per heavy atom. The van der Waals surface area contributed by atoms with E-state index in [4.69, 9.17) is 0 Å². The van der Waals surface area contributed by atoms with Gasteiger partial charge in [0.1, 0.15) is 29.0 Å². The number of rotatable bonds is 3. The molecule has 0 aliphatic heterocycles. The largest absolute Gasteiger partial charge is 0.506 e. The summed E-state index contributed by atoms with van der Waals surface area (Å²) in [7, 11) is -4.82. The molecule has 0 unspecified atom stereocenters. The molecule has 2 N–H and O–H groups in total. The lowest BCUT2D eigenvalue weighted by atomic mass is 10.3. The number of hydrogen-bond donors (Lipinski definition) is 2. The molecule has 2 rings (SSSR count). The Balaban J connectivity index is 2.51. The third-order valence-corrected chi connectivity index (χ3v) is 3.85. The first-order valence-corrected chi connectivity index (χ1v) is 6.85. The van der Waals surface area contributed by atoms with Crippen molar-refractivity contribution < 1.29 is 31.1 Å². The fourth-order valence-electron chi connectivity index (χ4n) is 1.57. The van der Waals surface area contributed by atoms with Gasteiger partial charge in [-0.3, -0.25) is 4.72 Å². The molecular formula is C12H7F4NO3S. The van der Waals surface area contributed by atoms with Crippen molar-refractivity contribution >= 4 is 15.7 Å². The van der Waals surface area contributed by atoms with Crippen LogP contribution in [0.15, 0.2) is 35.2 Å². The van der Waals surface area contributed by atoms with E-state index in [9.17, 15) is 31.1 Å². The predicted octanol–water partition coefficient (Wildman–Crippen LogP) is 2.75. The zero-order valence-corrected chi connectivity index (χ0v) is 10.9. The first-order valence-electron chi connectivity index (χ1n) is 5.36. The molecule has 0 saturated carbocycles. The third kappa shape index (κ3) is 3.07. The average molecular weight is 321 g/mol. The van der Waals surface area contributed by atoms with E-state index < -0.39 is 49.6 Å². The van der Waals surface area contributed by atoms with Gasteiger partial charge in [-0.25, -0.2) is 26.0 Å². The van der Waals surface area contributed by atoms with Crippen LogP contribution in [-0.2, 0) is 10.0 Å². The van der Waals surface area contributed by atoms with E-state index in [0.29, 0.717) is 6.07 Å². The van der Waals surface area contributed by atoms with Crippen LogP contribution in [0, 0.1) is 23.3 Å². The molecule has 112 valence electrons. The zero-order valence-electron chi connectivity index (χ0n) is 10.1. The molecule has 0 bridgehead atoms. The van der Waals surface area contributed by atoms with Crippen molar-refractivity contribution in [1.29, 1.82) is 0 Å². The summed E-state index contributed by atoms with van der Waals surface area (Å²) >= 11 is 0. The molecule has 0 amide bonds. The van der Waals surface area contributed by atoms with Gasteiger partial charge in [0.25, 0.3) is 10.0 Å². The second-order valence-electron chi connectivity index (χ2n) is 3.97. The minimum absolute atomic E-state index is 0.184. The van der Waals surface area contributed by atoms with E-state index in [0.717, 1.165) is 12.1 Å². The molecule has 2 aromatic carbocycles. The van der Waals surface area contributed by atoms with E-state index in [1.54, 1.807) is 4.72 Å². The summed E-state index contributed by atoms with van der Waals surface area (Å²) in [5.41, 5.74) is -0.613. The number of aromatic hydroxyl groups is 1. The van der Waals surface area contributed by atoms with Crippen molar-refractivity contribution in [3.63, 3.8) is 0 Å². The van der Waals surface area contributed by atoms with E-state index in [1.807, 2.05) is 0 Å². The van der Waals surface area contributed by atoms with Crippen LogP contribution >= 0.6 is 0 Å². The number of benzene rings is 2. The van der Waals surface area contributed by atoms with E-state index in [-0.39, 0.29) is 12.1 Å². The van der Waals surface area contributed by atoms with Gasteiger partial charge in [-0.05, 0) is 12.1 Å². The van der Waals surface area contributed by atoms with E-state index in [2.05, 4.69) is 0 Å². The highest BCUT2D eigenvalue weighted by Crippen LogP contribution is 2.28. The molecular weight excluding hydrogens is 314 g/mol. The molecule has 0 aromatic heterocycles. The van der Waals surface area contributed by atoms with Crippen molar-refractivity contribution in [1.82, 2.24) is 0 Å². The molecule has 0 saturated heterocycles. The summed E-state index contributed by atoms with van der Waals surface area (Å²) in [4.78, 5) is -1.44. The van der Waals surface area contributed by atoms with Gasteiger partial charge >= 0.3 is 0 Å². The Labute approximate surface area is 116 Å². The average Bonchev–Trinajstić information content (AvgIpc) is 2.31. The van der Waals surface area contributed by atoms with Gasteiger partial charge in [-0.15, -0.1) is 0 Å². The molecule has 0 atom stereocenters. The van der Waals surface area contributed by atoms with Crippen molar-refractivity contribution in [3.05, 3.63) is 53.6 Å². The van der Waals surface area contributed by atoms with Gasteiger partial charge < -0.3 is 5.11 Å². The molecule has 4 nitrogen and oxygen atoms in total. The van der Waals surface area contributed by atoms with Gasteiger partial charge in [-0.2, -0.15) is 0 Å². The molecule has 0 fully saturated rings. The third-order valence-electron chi connectivity index (χ3n) is 2.43. The summed E-state index contributed by atoms with van der Waals surface area (Å²) in [5.74, 6) is -6.14. The van der Waals surface area contributed by atoms with Crippen LogP contribution in [0.5, 0.6) is 5.75 Å². The first-order chi connectivity index (χ1) is 9.70. The number of hydrogen-bond acceptors (Lipinski definition) is 3. The molecule has 0 radical (unpaired) electrons. The number of anilines is 1. The van der Waals surface area contributed by atoms with Crippen LogP contribution < -0.4 is 4.72 Å². The second kappa shape index (κ2) is 5.24. The number of sulfonamides is 1. The van der Waals surface area contributed by atoms with Crippen molar-refractivity contribution in [2.24, 2.45) is 0 Å². The van der Waals surface area contributed by atoms with Crippen LogP contribution in [0.3, 0.4) is 0 Å². The van der Waals surface area contributed by atoms with Crippen molar-refractivity contribution in [2.45, 2.75) is 4.90 Å². The molecule has 0 heterocycles. The van der Waals surface area contributed by atoms with Gasteiger partial charge in [0.05, 0.1) is 5.69 Å². The lowest BCUT2D eigenvalue weighted by Crippen LogP contribution is -2.17. The Bertz CT molecular complexity index is 785. The standard InChI is InChI=1S/C12H7F4NO3S/c13-6-1-2-11(18)10(5-6)17-21(19,20)12-8(15)3-7(14)4-9(12)16/h1-5,17-18H. The zero-order chi connectivity index (χ0) is 15.8. The first kappa shape index (κ1) is 15.1. The van der Waals surface area contributed by atoms with E-state index in [1.165, 1.54) is 0 Å². The minimum Gasteiger partial charge on any atom is -0.506 e. The smallest absolute Gasteiger partial charge is 0.267 e. The predicted molar refractivity (Wildman–Crippen MR) is 65.2 cm³/mol. The molecule has 0 aliphatic rings. The summed E-state index contributed by atoms with van der Waals surface area (Å²) in [5, 5.41) is 9.39. The summed E-state index contributed by atoms with van der Waals surface area (Å²) < 4.78 is 78.0. The molecule has 2 aromatic rings. The molecule has 21 heavy (non-hydrogen) atoms. The highest BCUT2D eigenvalue weighted by Gasteiger charge is 2.26. The Hall–Kier alpha value is -2.29. The van der Waals surface area contributed by atoms with Gasteiger partial charge in [-0.1, -0.05) is 0 Å². The molecule has 0 spiro atoms. The Morgan fingerprint density at radius 2 is 1.48 bits per heavy atom. The Morgan fingerprint density at radius 3 is 2.05 bits per heavy atom. The Kier molecular flexibility index (Phi) is 3.77. The van der Waals surface area contributed by atoms with Gasteiger partial charge in [0, 0.05) is 18.2 Å². The summed E-state index contributed by atoms with van der Waals surface area (Å²) in [6.07, 6.45) is 0. The SMILES string of the molecule is O=S(=O)(Nc1cc(F)ccc1O)c1c(F)cc(F)cc1F. The van der Waals surface area contributed by atoms with Crippen LogP contribution in [-0.4, -0.2) is 13.5 Å². The second-order valence-corrected chi connectivity index (χ2v) is 5.58. The quantitative estimate of drug-likeness (QED) is 0.675. The molecule has 0 aliphatic carbocycles. The highest BCUT2D eigenvalue weighted by atomic mass is 32.2. The van der Waals surface area contributed by atoms with Gasteiger partial charge in [0.2, 0.25) is 0 Å². The summed E-state index contributed by atoms with van der Waals surface area (Å²) in [6, 6.07) is 2.69. The maximum absolute atomic E-state index is 13.5. The van der Waals surface area contributed by atoms with Gasteiger partial charge in [0.15, 0.2) is 4.90 Å². The lowest BCUT2D eigenvalue weighted by Gasteiger charge is -2.11. The van der Waals surface area contributed by atoms with Crippen LogP contribution in [0.1, 0.15) is 0 Å².